The normalized spacial score (nSPS) is 19.9. The third kappa shape index (κ3) is 6.94. The van der Waals surface area contributed by atoms with Crippen LogP contribution in [0, 0.1) is 17.6 Å². The first-order valence-electron chi connectivity index (χ1n) is 14.8. The number of halogens is 2. The largest absolute Gasteiger partial charge is 0.493 e. The van der Waals surface area contributed by atoms with Crippen LogP contribution in [0.15, 0.2) is 97.1 Å². The molecule has 0 bridgehead atoms. The maximum absolute atomic E-state index is 14.4. The Hall–Kier alpha value is -4.63. The predicted octanol–water partition coefficient (Wildman–Crippen LogP) is 7.23. The number of ether oxygens (including phenoxy) is 3. The fourth-order valence-corrected chi connectivity index (χ4v) is 5.87. The van der Waals surface area contributed by atoms with Crippen LogP contribution in [0.1, 0.15) is 18.9 Å². The van der Waals surface area contributed by atoms with Crippen LogP contribution in [0.2, 0.25) is 0 Å². The number of carbonyl (C=O) groups is 1. The minimum atomic E-state index is -0.798. The van der Waals surface area contributed by atoms with E-state index in [0.717, 1.165) is 49.4 Å². The van der Waals surface area contributed by atoms with Crippen molar-refractivity contribution in [2.75, 3.05) is 54.5 Å². The van der Waals surface area contributed by atoms with Gasteiger partial charge in [0.15, 0.2) is 0 Å². The number of hydrogen-bond acceptors (Lipinski definition) is 6. The highest BCUT2D eigenvalue weighted by Gasteiger charge is 2.40. The number of amides is 1. The second-order valence-electron chi connectivity index (χ2n) is 11.4. The molecule has 9 heteroatoms. The van der Waals surface area contributed by atoms with Crippen LogP contribution in [0.5, 0.6) is 11.5 Å². The summed E-state index contributed by atoms with van der Waals surface area (Å²) in [6.45, 7) is 6.25. The predicted molar refractivity (Wildman–Crippen MR) is 167 cm³/mol. The topological polar surface area (TPSA) is 63.3 Å². The van der Waals surface area contributed by atoms with Gasteiger partial charge in [-0.15, -0.1) is 0 Å². The van der Waals surface area contributed by atoms with Gasteiger partial charge in [-0.2, -0.15) is 0 Å². The average Bonchev–Trinajstić information content (AvgIpc) is 3.42. The lowest BCUT2D eigenvalue weighted by atomic mass is 9.89. The molecular formula is C35H35F2N3O4. The number of anilines is 3. The van der Waals surface area contributed by atoms with Gasteiger partial charge in [0.25, 0.3) is 0 Å². The zero-order chi connectivity index (χ0) is 30.5. The highest BCUT2D eigenvalue weighted by molar-refractivity contribution is 5.86. The third-order valence-corrected chi connectivity index (χ3v) is 8.22. The van der Waals surface area contributed by atoms with E-state index in [4.69, 9.17) is 14.2 Å². The molecule has 2 aliphatic rings. The van der Waals surface area contributed by atoms with Crippen molar-refractivity contribution in [2.45, 2.75) is 18.9 Å². The van der Waals surface area contributed by atoms with E-state index < -0.39 is 23.3 Å². The third-order valence-electron chi connectivity index (χ3n) is 8.22. The van der Waals surface area contributed by atoms with Gasteiger partial charge < -0.3 is 24.0 Å². The molecule has 1 amide bonds. The maximum Gasteiger partial charge on any atom is 0.417 e. The minimum Gasteiger partial charge on any atom is -0.493 e. The van der Waals surface area contributed by atoms with Crippen molar-refractivity contribution < 1.29 is 27.8 Å². The molecule has 6 rings (SSSR count). The molecule has 1 N–H and O–H groups in total. The number of nitrogens with one attached hydrogen (secondary N) is 1. The smallest absolute Gasteiger partial charge is 0.417 e. The Kier molecular flexibility index (Phi) is 8.65. The van der Waals surface area contributed by atoms with Gasteiger partial charge in [0, 0.05) is 60.8 Å². The van der Waals surface area contributed by atoms with Crippen molar-refractivity contribution in [3.05, 3.63) is 114 Å². The Morgan fingerprint density at radius 1 is 0.864 bits per heavy atom. The summed E-state index contributed by atoms with van der Waals surface area (Å²) < 4.78 is 45.0. The summed E-state index contributed by atoms with van der Waals surface area (Å²) >= 11 is 0. The molecule has 228 valence electrons. The first kappa shape index (κ1) is 29.4. The standard InChI is InChI=1S/C35H35F2N3O4/c1-35(32-16-7-26(36)21-33(32)37)22-25(24-43-35)23-42-30-14-12-29(13-15-30)40-19-17-39(18-20-40)28-10-8-27(9-11-28)38-34(41)44-31-5-3-2-4-6-31/h2-16,21,25H,17-20,22-24H2,1H3,(H,38,41)/t25-,35-/m1/s1. The van der Waals surface area contributed by atoms with Crippen molar-refractivity contribution in [2.24, 2.45) is 5.92 Å². The number of rotatable bonds is 8. The van der Waals surface area contributed by atoms with Crippen LogP contribution < -0.4 is 24.6 Å². The lowest BCUT2D eigenvalue weighted by Crippen LogP contribution is -2.46. The van der Waals surface area contributed by atoms with E-state index in [1.54, 1.807) is 12.1 Å². The van der Waals surface area contributed by atoms with Gasteiger partial charge in [-0.3, -0.25) is 5.32 Å². The first-order chi connectivity index (χ1) is 21.3. The minimum absolute atomic E-state index is 0.102. The van der Waals surface area contributed by atoms with Gasteiger partial charge in [-0.1, -0.05) is 24.3 Å². The van der Waals surface area contributed by atoms with Crippen LogP contribution in [0.4, 0.5) is 30.6 Å². The molecule has 0 saturated carbocycles. The zero-order valence-corrected chi connectivity index (χ0v) is 24.5. The average molecular weight is 600 g/mol. The van der Waals surface area contributed by atoms with E-state index in [1.165, 1.54) is 12.1 Å². The number of para-hydroxylation sites is 1. The fraction of sp³-hybridized carbons (Fsp3) is 0.286. The van der Waals surface area contributed by atoms with Crippen LogP contribution in [0.3, 0.4) is 0 Å². The van der Waals surface area contributed by atoms with Crippen molar-refractivity contribution in [3.63, 3.8) is 0 Å². The molecule has 0 spiro atoms. The molecule has 2 atom stereocenters. The highest BCUT2D eigenvalue weighted by Crippen LogP contribution is 2.40. The Bertz CT molecular complexity index is 1560. The SMILES string of the molecule is C[C@]1(c2ccc(F)cc2F)C[C@H](COc2ccc(N3CCN(c4ccc(NC(=O)Oc5ccccc5)cc4)CC3)cc2)CO1. The van der Waals surface area contributed by atoms with Crippen LogP contribution in [-0.4, -0.2) is 45.5 Å². The number of hydrogen-bond donors (Lipinski definition) is 1. The summed E-state index contributed by atoms with van der Waals surface area (Å²) in [6.07, 6.45) is 0.0703. The van der Waals surface area contributed by atoms with Crippen molar-refractivity contribution in [3.8, 4) is 11.5 Å². The molecule has 4 aromatic carbocycles. The van der Waals surface area contributed by atoms with Crippen molar-refractivity contribution >= 4 is 23.2 Å². The Morgan fingerprint density at radius 2 is 1.50 bits per heavy atom. The van der Waals surface area contributed by atoms with Crippen LogP contribution >= 0.6 is 0 Å². The number of nitrogens with zero attached hydrogens (tertiary/aromatic N) is 2. The van der Waals surface area contributed by atoms with Gasteiger partial charge in [0.2, 0.25) is 0 Å². The molecule has 4 aromatic rings. The summed E-state index contributed by atoms with van der Waals surface area (Å²) in [6, 6.07) is 28.5. The molecule has 2 heterocycles. The molecule has 2 saturated heterocycles. The molecule has 0 aromatic heterocycles. The highest BCUT2D eigenvalue weighted by atomic mass is 19.1. The quantitative estimate of drug-likeness (QED) is 0.231. The Balaban J connectivity index is 0.950. The molecule has 0 radical (unpaired) electrons. The molecule has 0 unspecified atom stereocenters. The van der Waals surface area contributed by atoms with Crippen molar-refractivity contribution in [1.82, 2.24) is 0 Å². The molecule has 7 nitrogen and oxygen atoms in total. The van der Waals surface area contributed by atoms with Crippen molar-refractivity contribution in [1.29, 1.82) is 0 Å². The van der Waals surface area contributed by atoms with Gasteiger partial charge in [-0.05, 0) is 80.1 Å². The van der Waals surface area contributed by atoms with E-state index in [-0.39, 0.29) is 5.92 Å². The fourth-order valence-electron chi connectivity index (χ4n) is 5.87. The van der Waals surface area contributed by atoms with E-state index in [1.807, 2.05) is 61.5 Å². The second-order valence-corrected chi connectivity index (χ2v) is 11.4. The van der Waals surface area contributed by atoms with Crippen LogP contribution in [-0.2, 0) is 10.3 Å². The second kappa shape index (κ2) is 12.9. The summed E-state index contributed by atoms with van der Waals surface area (Å²) in [5, 5.41) is 2.76. The number of carbonyl (C=O) groups excluding carboxylic acids is 1. The summed E-state index contributed by atoms with van der Waals surface area (Å²) in [5.41, 5.74) is 2.49. The molecular weight excluding hydrogens is 564 g/mol. The van der Waals surface area contributed by atoms with E-state index in [2.05, 4.69) is 27.2 Å². The molecule has 0 aliphatic carbocycles. The zero-order valence-electron chi connectivity index (χ0n) is 24.5. The summed E-state index contributed by atoms with van der Waals surface area (Å²) in [5.74, 6) is 0.189. The lowest BCUT2D eigenvalue weighted by molar-refractivity contribution is 0.0121. The number of benzene rings is 4. The van der Waals surface area contributed by atoms with Gasteiger partial charge in [0.05, 0.1) is 18.8 Å². The number of piperazine rings is 1. The lowest BCUT2D eigenvalue weighted by Gasteiger charge is -2.37. The summed E-state index contributed by atoms with van der Waals surface area (Å²) in [7, 11) is 0. The van der Waals surface area contributed by atoms with Gasteiger partial charge in [-0.25, -0.2) is 13.6 Å². The van der Waals surface area contributed by atoms with Gasteiger partial charge in [0.1, 0.15) is 23.1 Å². The van der Waals surface area contributed by atoms with E-state index >= 15 is 0 Å². The monoisotopic (exact) mass is 599 g/mol. The van der Waals surface area contributed by atoms with E-state index in [0.29, 0.717) is 36.6 Å². The molecule has 2 aliphatic heterocycles. The first-order valence-corrected chi connectivity index (χ1v) is 14.8. The molecule has 44 heavy (non-hydrogen) atoms. The Morgan fingerprint density at radius 3 is 2.14 bits per heavy atom. The summed E-state index contributed by atoms with van der Waals surface area (Å²) in [4.78, 5) is 16.8. The van der Waals surface area contributed by atoms with Gasteiger partial charge >= 0.3 is 6.09 Å². The Labute approximate surface area is 256 Å². The molecule has 2 fully saturated rings. The maximum atomic E-state index is 14.4. The van der Waals surface area contributed by atoms with Crippen LogP contribution in [0.25, 0.3) is 0 Å². The van der Waals surface area contributed by atoms with E-state index in [9.17, 15) is 13.6 Å².